The molecule has 0 aromatic heterocycles. The number of carbonyl (C=O) groups excluding carboxylic acids is 2. The number of hydrogen-bond donors (Lipinski definition) is 2. The number of rotatable bonds is 10. The van der Waals surface area contributed by atoms with Crippen LogP contribution in [0, 0.1) is 0 Å². The molecule has 0 unspecified atom stereocenters. The van der Waals surface area contributed by atoms with Crippen molar-refractivity contribution in [2.24, 2.45) is 0 Å². The van der Waals surface area contributed by atoms with Gasteiger partial charge in [0.2, 0.25) is 10.0 Å². The summed E-state index contributed by atoms with van der Waals surface area (Å²) < 4.78 is 36.8. The van der Waals surface area contributed by atoms with Gasteiger partial charge in [-0.1, -0.05) is 12.1 Å². The van der Waals surface area contributed by atoms with Gasteiger partial charge in [0.1, 0.15) is 5.75 Å². The number of hydrogen-bond acceptors (Lipinski definition) is 6. The van der Waals surface area contributed by atoms with Crippen LogP contribution in [0.5, 0.6) is 5.75 Å². The second kappa shape index (κ2) is 10.4. The Balaban J connectivity index is 1.94. The molecule has 0 fully saturated rings. The Labute approximate surface area is 169 Å². The Bertz CT molecular complexity index is 971. The van der Waals surface area contributed by atoms with E-state index in [-0.39, 0.29) is 17.0 Å². The molecule has 0 aliphatic rings. The fourth-order valence-electron chi connectivity index (χ4n) is 2.25. The SMILES string of the molecule is C=CCNS(=O)(=O)c1cccc(C(=O)OCC(=O)Nc2ccc(OCC)cc2)c1. The Morgan fingerprint density at radius 1 is 1.14 bits per heavy atom. The van der Waals surface area contributed by atoms with Gasteiger partial charge in [-0.2, -0.15) is 0 Å². The summed E-state index contributed by atoms with van der Waals surface area (Å²) in [4.78, 5) is 24.0. The van der Waals surface area contributed by atoms with Crippen LogP contribution >= 0.6 is 0 Å². The zero-order valence-electron chi connectivity index (χ0n) is 15.9. The fourth-order valence-corrected chi connectivity index (χ4v) is 3.30. The van der Waals surface area contributed by atoms with Crippen LogP contribution in [0.25, 0.3) is 0 Å². The van der Waals surface area contributed by atoms with Gasteiger partial charge in [-0.05, 0) is 49.4 Å². The third-order valence-corrected chi connectivity index (χ3v) is 5.00. The van der Waals surface area contributed by atoms with Gasteiger partial charge in [0.05, 0.1) is 17.1 Å². The van der Waals surface area contributed by atoms with E-state index in [0.717, 1.165) is 0 Å². The Morgan fingerprint density at radius 2 is 1.86 bits per heavy atom. The molecule has 1 amide bonds. The number of carbonyl (C=O) groups is 2. The summed E-state index contributed by atoms with van der Waals surface area (Å²) >= 11 is 0. The molecule has 0 saturated heterocycles. The molecule has 0 aliphatic carbocycles. The van der Waals surface area contributed by atoms with Crippen molar-refractivity contribution in [2.45, 2.75) is 11.8 Å². The number of nitrogens with one attached hydrogen (secondary N) is 2. The molecule has 0 radical (unpaired) electrons. The van der Waals surface area contributed by atoms with E-state index in [9.17, 15) is 18.0 Å². The van der Waals surface area contributed by atoms with Gasteiger partial charge in [0.25, 0.3) is 5.91 Å². The first kappa shape index (κ1) is 22.1. The average Bonchev–Trinajstić information content (AvgIpc) is 2.72. The van der Waals surface area contributed by atoms with E-state index in [2.05, 4.69) is 16.6 Å². The van der Waals surface area contributed by atoms with Crippen LogP contribution in [0.1, 0.15) is 17.3 Å². The summed E-state index contributed by atoms with van der Waals surface area (Å²) in [7, 11) is -3.78. The third-order valence-electron chi connectivity index (χ3n) is 3.58. The number of esters is 1. The largest absolute Gasteiger partial charge is 0.494 e. The smallest absolute Gasteiger partial charge is 0.338 e. The van der Waals surface area contributed by atoms with Gasteiger partial charge >= 0.3 is 5.97 Å². The second-order valence-corrected chi connectivity index (χ2v) is 7.52. The minimum Gasteiger partial charge on any atom is -0.494 e. The van der Waals surface area contributed by atoms with E-state index in [1.807, 2.05) is 6.92 Å². The summed E-state index contributed by atoms with van der Waals surface area (Å²) in [5.41, 5.74) is 0.538. The van der Waals surface area contributed by atoms with Gasteiger partial charge < -0.3 is 14.8 Å². The molecule has 2 N–H and O–H groups in total. The maximum atomic E-state index is 12.2. The van der Waals surface area contributed by atoms with Crippen molar-refractivity contribution in [3.63, 3.8) is 0 Å². The van der Waals surface area contributed by atoms with Crippen LogP contribution < -0.4 is 14.8 Å². The van der Waals surface area contributed by atoms with Crippen molar-refractivity contribution < 1.29 is 27.5 Å². The number of anilines is 1. The normalized spacial score (nSPS) is 10.8. The van der Waals surface area contributed by atoms with E-state index in [1.165, 1.54) is 30.3 Å². The quantitative estimate of drug-likeness (QED) is 0.453. The standard InChI is InChI=1S/C20H22N2O6S/c1-3-12-21-29(25,26)18-7-5-6-15(13-18)20(24)28-14-19(23)22-16-8-10-17(11-9-16)27-4-2/h3,5-11,13,21H,1,4,12,14H2,2H3,(H,22,23). The third kappa shape index (κ3) is 6.74. The second-order valence-electron chi connectivity index (χ2n) is 5.75. The number of benzene rings is 2. The van der Waals surface area contributed by atoms with Crippen molar-refractivity contribution in [3.05, 3.63) is 66.7 Å². The molecule has 154 valence electrons. The predicted octanol–water partition coefficient (Wildman–Crippen LogP) is 2.35. The zero-order valence-corrected chi connectivity index (χ0v) is 16.7. The zero-order chi connectivity index (χ0) is 21.3. The average molecular weight is 418 g/mol. The molecule has 0 aliphatic heterocycles. The number of amides is 1. The van der Waals surface area contributed by atoms with Crippen LogP contribution in [0.2, 0.25) is 0 Å². The lowest BCUT2D eigenvalue weighted by Gasteiger charge is -2.09. The fraction of sp³-hybridized carbons (Fsp3) is 0.200. The first-order chi connectivity index (χ1) is 13.9. The van der Waals surface area contributed by atoms with Crippen LogP contribution in [-0.4, -0.2) is 40.1 Å². The Morgan fingerprint density at radius 3 is 2.52 bits per heavy atom. The molecule has 29 heavy (non-hydrogen) atoms. The van der Waals surface area contributed by atoms with Crippen molar-refractivity contribution in [2.75, 3.05) is 25.1 Å². The van der Waals surface area contributed by atoms with E-state index >= 15 is 0 Å². The van der Waals surface area contributed by atoms with E-state index < -0.39 is 28.5 Å². The highest BCUT2D eigenvalue weighted by Gasteiger charge is 2.17. The van der Waals surface area contributed by atoms with E-state index in [4.69, 9.17) is 9.47 Å². The Kier molecular flexibility index (Phi) is 7.93. The van der Waals surface area contributed by atoms with Crippen molar-refractivity contribution in [1.82, 2.24) is 4.72 Å². The number of sulfonamides is 1. The van der Waals surface area contributed by atoms with E-state index in [1.54, 1.807) is 24.3 Å². The molecule has 8 nitrogen and oxygen atoms in total. The highest BCUT2D eigenvalue weighted by atomic mass is 32.2. The lowest BCUT2D eigenvalue weighted by Crippen LogP contribution is -2.24. The predicted molar refractivity (Wildman–Crippen MR) is 108 cm³/mol. The molecular formula is C20H22N2O6S. The maximum Gasteiger partial charge on any atom is 0.338 e. The molecule has 2 aromatic carbocycles. The molecule has 9 heteroatoms. The van der Waals surface area contributed by atoms with E-state index in [0.29, 0.717) is 18.0 Å². The van der Waals surface area contributed by atoms with Gasteiger partial charge in [-0.15, -0.1) is 6.58 Å². The van der Waals surface area contributed by atoms with Crippen LogP contribution in [0.4, 0.5) is 5.69 Å². The first-order valence-electron chi connectivity index (χ1n) is 8.76. The minimum absolute atomic E-state index is 0.0142. The maximum absolute atomic E-state index is 12.2. The van der Waals surface area contributed by atoms with Crippen LogP contribution in [0.3, 0.4) is 0 Å². The molecule has 0 bridgehead atoms. The summed E-state index contributed by atoms with van der Waals surface area (Å²) in [6, 6.07) is 12.1. The monoisotopic (exact) mass is 418 g/mol. The Hall–Kier alpha value is -3.17. The molecule has 0 saturated carbocycles. The van der Waals surface area contributed by atoms with Gasteiger partial charge in [-0.3, -0.25) is 4.79 Å². The van der Waals surface area contributed by atoms with Crippen LogP contribution in [-0.2, 0) is 19.6 Å². The molecule has 2 aromatic rings. The molecule has 0 atom stereocenters. The van der Waals surface area contributed by atoms with Crippen molar-refractivity contribution >= 4 is 27.6 Å². The highest BCUT2D eigenvalue weighted by molar-refractivity contribution is 7.89. The topological polar surface area (TPSA) is 111 Å². The summed E-state index contributed by atoms with van der Waals surface area (Å²) in [5, 5.41) is 2.59. The van der Waals surface area contributed by atoms with Gasteiger partial charge in [0.15, 0.2) is 6.61 Å². The molecule has 0 spiro atoms. The van der Waals surface area contributed by atoms with Gasteiger partial charge in [-0.25, -0.2) is 17.9 Å². The van der Waals surface area contributed by atoms with Crippen molar-refractivity contribution in [3.8, 4) is 5.75 Å². The lowest BCUT2D eigenvalue weighted by molar-refractivity contribution is -0.119. The highest BCUT2D eigenvalue weighted by Crippen LogP contribution is 2.16. The molecular weight excluding hydrogens is 396 g/mol. The summed E-state index contributed by atoms with van der Waals surface area (Å²) in [5.74, 6) is -0.666. The minimum atomic E-state index is -3.78. The lowest BCUT2D eigenvalue weighted by atomic mass is 10.2. The summed E-state index contributed by atoms with van der Waals surface area (Å²) in [6.45, 7) is 5.39. The summed E-state index contributed by atoms with van der Waals surface area (Å²) in [6.07, 6.45) is 1.40. The number of ether oxygens (including phenoxy) is 2. The molecule has 2 rings (SSSR count). The van der Waals surface area contributed by atoms with Crippen LogP contribution in [0.15, 0.2) is 66.1 Å². The first-order valence-corrected chi connectivity index (χ1v) is 10.2. The molecule has 0 heterocycles. The van der Waals surface area contributed by atoms with Crippen molar-refractivity contribution in [1.29, 1.82) is 0 Å². The van der Waals surface area contributed by atoms with Gasteiger partial charge in [0, 0.05) is 12.2 Å².